The summed E-state index contributed by atoms with van der Waals surface area (Å²) in [4.78, 5) is 12.9. The number of hydrogen-bond donors (Lipinski definition) is 1. The van der Waals surface area contributed by atoms with E-state index in [-0.39, 0.29) is 17.7 Å². The molecule has 1 aromatic rings. The first-order valence-electron chi connectivity index (χ1n) is 7.48. The second-order valence-corrected chi connectivity index (χ2v) is 6.44. The Morgan fingerprint density at radius 2 is 1.90 bits per heavy atom. The van der Waals surface area contributed by atoms with E-state index in [2.05, 4.69) is 0 Å². The van der Waals surface area contributed by atoms with E-state index in [9.17, 15) is 4.79 Å². The molecule has 4 unspecified atom stereocenters. The number of carbonyl (C=O) groups excluding carboxylic acids is 1. The van der Waals surface area contributed by atoms with Crippen molar-refractivity contribution >= 4 is 5.78 Å². The van der Waals surface area contributed by atoms with Crippen LogP contribution in [0.15, 0.2) is 12.1 Å². The molecule has 3 nitrogen and oxygen atoms in total. The standard InChI is InChI=1S/C17H23NO2/c1-9-7-14(20-3)10(2)6-13(9)17(19)15-11-4-5-12(8-11)16(15)18/h6-7,11-12,15-16H,4-5,8,18H2,1-3H3. The lowest BCUT2D eigenvalue weighted by atomic mass is 9.79. The van der Waals surface area contributed by atoms with Crippen molar-refractivity contribution in [1.82, 2.24) is 0 Å². The van der Waals surface area contributed by atoms with Gasteiger partial charge in [-0.3, -0.25) is 4.79 Å². The van der Waals surface area contributed by atoms with E-state index in [0.29, 0.717) is 11.8 Å². The molecule has 2 saturated carbocycles. The van der Waals surface area contributed by atoms with Crippen LogP contribution in [0.1, 0.15) is 40.7 Å². The summed E-state index contributed by atoms with van der Waals surface area (Å²) in [5, 5.41) is 0. The minimum atomic E-state index is 0.0280. The van der Waals surface area contributed by atoms with Crippen LogP contribution < -0.4 is 10.5 Å². The van der Waals surface area contributed by atoms with Crippen LogP contribution in [-0.2, 0) is 0 Å². The van der Waals surface area contributed by atoms with Crippen LogP contribution in [-0.4, -0.2) is 18.9 Å². The number of rotatable bonds is 3. The summed E-state index contributed by atoms with van der Waals surface area (Å²) in [6.45, 7) is 3.96. The molecule has 0 aliphatic heterocycles. The van der Waals surface area contributed by atoms with Gasteiger partial charge in [0.1, 0.15) is 5.75 Å². The number of aryl methyl sites for hydroxylation is 2. The number of benzene rings is 1. The second kappa shape index (κ2) is 4.88. The Balaban J connectivity index is 1.93. The fourth-order valence-electron chi connectivity index (χ4n) is 4.18. The molecule has 2 bridgehead atoms. The van der Waals surface area contributed by atoms with Crippen LogP contribution in [0.5, 0.6) is 5.75 Å². The predicted molar refractivity (Wildman–Crippen MR) is 79.1 cm³/mol. The van der Waals surface area contributed by atoms with Crippen LogP contribution in [0.3, 0.4) is 0 Å². The summed E-state index contributed by atoms with van der Waals surface area (Å²) in [5.74, 6) is 2.18. The Morgan fingerprint density at radius 1 is 1.20 bits per heavy atom. The first-order valence-corrected chi connectivity index (χ1v) is 7.48. The lowest BCUT2D eigenvalue weighted by molar-refractivity contribution is 0.0855. The number of Topliss-reactive ketones (excluding diaryl/α,β-unsaturated/α-hetero) is 1. The van der Waals surface area contributed by atoms with Crippen molar-refractivity contribution in [2.45, 2.75) is 39.2 Å². The van der Waals surface area contributed by atoms with E-state index in [1.165, 1.54) is 12.8 Å². The third-order valence-electron chi connectivity index (χ3n) is 5.29. The van der Waals surface area contributed by atoms with Gasteiger partial charge in [0.05, 0.1) is 7.11 Å². The molecule has 0 radical (unpaired) electrons. The van der Waals surface area contributed by atoms with Crippen molar-refractivity contribution < 1.29 is 9.53 Å². The Labute approximate surface area is 120 Å². The van der Waals surface area contributed by atoms with Crippen LogP contribution in [0.2, 0.25) is 0 Å². The van der Waals surface area contributed by atoms with Gasteiger partial charge in [0, 0.05) is 17.5 Å². The molecular weight excluding hydrogens is 250 g/mol. The monoisotopic (exact) mass is 273 g/mol. The van der Waals surface area contributed by atoms with Crippen LogP contribution in [0.4, 0.5) is 0 Å². The van der Waals surface area contributed by atoms with E-state index in [4.69, 9.17) is 10.5 Å². The molecule has 2 fully saturated rings. The van der Waals surface area contributed by atoms with Crippen LogP contribution in [0, 0.1) is 31.6 Å². The van der Waals surface area contributed by atoms with Gasteiger partial charge in [0.15, 0.2) is 5.78 Å². The Bertz CT molecular complexity index is 550. The summed E-state index contributed by atoms with van der Waals surface area (Å²) >= 11 is 0. The zero-order valence-corrected chi connectivity index (χ0v) is 12.5. The molecule has 0 heterocycles. The minimum absolute atomic E-state index is 0.0280. The van der Waals surface area contributed by atoms with Gasteiger partial charge in [0.2, 0.25) is 0 Å². The average molecular weight is 273 g/mol. The summed E-state index contributed by atoms with van der Waals surface area (Å²) in [6.07, 6.45) is 3.52. The Kier molecular flexibility index (Phi) is 3.33. The number of carbonyl (C=O) groups is 1. The van der Waals surface area contributed by atoms with Gasteiger partial charge in [0.25, 0.3) is 0 Å². The third kappa shape index (κ3) is 1.96. The molecule has 108 valence electrons. The molecule has 0 amide bonds. The van der Waals surface area contributed by atoms with Gasteiger partial charge in [-0.15, -0.1) is 0 Å². The molecule has 1 aromatic carbocycles. The number of fused-ring (bicyclic) bond motifs is 2. The van der Waals surface area contributed by atoms with E-state index in [0.717, 1.165) is 28.9 Å². The number of hydrogen-bond acceptors (Lipinski definition) is 3. The first kappa shape index (κ1) is 13.6. The van der Waals surface area contributed by atoms with E-state index in [1.54, 1.807) is 7.11 Å². The minimum Gasteiger partial charge on any atom is -0.496 e. The van der Waals surface area contributed by atoms with Crippen LogP contribution >= 0.6 is 0 Å². The SMILES string of the molecule is COc1cc(C)c(C(=O)C2C3CCC(C3)C2N)cc1C. The lowest BCUT2D eigenvalue weighted by Crippen LogP contribution is -2.40. The molecule has 2 aliphatic carbocycles. The van der Waals surface area contributed by atoms with Crippen molar-refractivity contribution in [2.75, 3.05) is 7.11 Å². The summed E-state index contributed by atoms with van der Waals surface area (Å²) in [5.41, 5.74) is 9.14. The van der Waals surface area contributed by atoms with Crippen LogP contribution in [0.25, 0.3) is 0 Å². The third-order valence-corrected chi connectivity index (χ3v) is 5.29. The fourth-order valence-corrected chi connectivity index (χ4v) is 4.18. The van der Waals surface area contributed by atoms with Gasteiger partial charge in [-0.25, -0.2) is 0 Å². The molecule has 0 saturated heterocycles. The van der Waals surface area contributed by atoms with Crippen molar-refractivity contribution in [3.05, 3.63) is 28.8 Å². The highest BCUT2D eigenvalue weighted by molar-refractivity contribution is 6.00. The average Bonchev–Trinajstić information content (AvgIpc) is 3.01. The first-order chi connectivity index (χ1) is 9.52. The zero-order valence-electron chi connectivity index (χ0n) is 12.5. The fraction of sp³-hybridized carbons (Fsp3) is 0.588. The van der Waals surface area contributed by atoms with E-state index in [1.807, 2.05) is 26.0 Å². The topological polar surface area (TPSA) is 52.3 Å². The van der Waals surface area contributed by atoms with Crippen molar-refractivity contribution in [1.29, 1.82) is 0 Å². The summed E-state index contributed by atoms with van der Waals surface area (Å²) in [6, 6.07) is 3.99. The molecule has 0 spiro atoms. The number of ketones is 1. The van der Waals surface area contributed by atoms with Crippen molar-refractivity contribution in [2.24, 2.45) is 23.5 Å². The van der Waals surface area contributed by atoms with Gasteiger partial charge in [-0.2, -0.15) is 0 Å². The molecule has 3 rings (SSSR count). The van der Waals surface area contributed by atoms with Gasteiger partial charge < -0.3 is 10.5 Å². The lowest BCUT2D eigenvalue weighted by Gasteiger charge is -2.27. The van der Waals surface area contributed by atoms with Gasteiger partial charge in [-0.05, 0) is 68.2 Å². The highest BCUT2D eigenvalue weighted by Gasteiger charge is 2.49. The Morgan fingerprint density at radius 3 is 2.50 bits per heavy atom. The largest absolute Gasteiger partial charge is 0.496 e. The second-order valence-electron chi connectivity index (χ2n) is 6.44. The van der Waals surface area contributed by atoms with Crippen molar-refractivity contribution in [3.8, 4) is 5.75 Å². The highest BCUT2D eigenvalue weighted by Crippen LogP contribution is 2.48. The van der Waals surface area contributed by atoms with E-state index < -0.39 is 0 Å². The molecule has 20 heavy (non-hydrogen) atoms. The highest BCUT2D eigenvalue weighted by atomic mass is 16.5. The molecule has 0 aromatic heterocycles. The van der Waals surface area contributed by atoms with Gasteiger partial charge in [-0.1, -0.05) is 0 Å². The molecule has 4 atom stereocenters. The van der Waals surface area contributed by atoms with E-state index >= 15 is 0 Å². The normalized spacial score (nSPS) is 31.6. The summed E-state index contributed by atoms with van der Waals surface area (Å²) < 4.78 is 5.32. The van der Waals surface area contributed by atoms with Crippen molar-refractivity contribution in [3.63, 3.8) is 0 Å². The number of nitrogens with two attached hydrogens (primary N) is 1. The number of methoxy groups -OCH3 is 1. The maximum Gasteiger partial charge on any atom is 0.168 e. The predicted octanol–water partition coefficient (Wildman–Crippen LogP) is 2.87. The smallest absolute Gasteiger partial charge is 0.168 e. The quantitative estimate of drug-likeness (QED) is 0.862. The maximum absolute atomic E-state index is 12.9. The van der Waals surface area contributed by atoms with Gasteiger partial charge >= 0.3 is 0 Å². The number of ether oxygens (including phenoxy) is 1. The Hall–Kier alpha value is -1.35. The molecule has 2 N–H and O–H groups in total. The maximum atomic E-state index is 12.9. The molecular formula is C17H23NO2. The molecule has 2 aliphatic rings. The zero-order chi connectivity index (χ0) is 14.4. The summed E-state index contributed by atoms with van der Waals surface area (Å²) in [7, 11) is 1.66. The molecule has 3 heteroatoms.